The van der Waals surface area contributed by atoms with Gasteiger partial charge in [0.2, 0.25) is 5.91 Å². The second-order valence-electron chi connectivity index (χ2n) is 5.65. The Kier molecular flexibility index (Phi) is 6.63. The van der Waals surface area contributed by atoms with Gasteiger partial charge in [0.05, 0.1) is 5.92 Å². The second-order valence-corrected chi connectivity index (χ2v) is 5.65. The molecular formula is C15H26N2O. The molecule has 1 amide bonds. The molecule has 1 unspecified atom stereocenters. The van der Waals surface area contributed by atoms with E-state index in [2.05, 4.69) is 26.1 Å². The lowest BCUT2D eigenvalue weighted by Crippen LogP contribution is -2.35. The first-order valence-electron chi connectivity index (χ1n) is 6.26. The molecule has 0 spiro atoms. The Labute approximate surface area is 111 Å². The minimum Gasteiger partial charge on any atom is -0.355 e. The lowest BCUT2D eigenvalue weighted by Gasteiger charge is -2.21. The van der Waals surface area contributed by atoms with Crippen LogP contribution < -0.4 is 11.5 Å². The van der Waals surface area contributed by atoms with E-state index in [-0.39, 0.29) is 23.4 Å². The quantitative estimate of drug-likeness (QED) is 0.859. The highest BCUT2D eigenvalue weighted by molar-refractivity contribution is 5.83. The van der Waals surface area contributed by atoms with Crippen LogP contribution in [0.2, 0.25) is 0 Å². The van der Waals surface area contributed by atoms with Gasteiger partial charge in [0.15, 0.2) is 0 Å². The highest BCUT2D eigenvalue weighted by Gasteiger charge is 2.20. The third-order valence-corrected chi connectivity index (χ3v) is 2.72. The molecule has 0 aliphatic heterocycles. The van der Waals surface area contributed by atoms with Crippen molar-refractivity contribution in [1.82, 2.24) is 11.5 Å². The topological polar surface area (TPSA) is 64.1 Å². The third kappa shape index (κ3) is 5.32. The zero-order chi connectivity index (χ0) is 12.9. The first-order chi connectivity index (χ1) is 7.94. The fourth-order valence-electron chi connectivity index (χ4n) is 1.73. The van der Waals surface area contributed by atoms with E-state index in [0.29, 0.717) is 0 Å². The molecule has 0 saturated carbocycles. The van der Waals surface area contributed by atoms with E-state index in [0.717, 1.165) is 18.5 Å². The molecule has 0 aromatic heterocycles. The van der Waals surface area contributed by atoms with E-state index >= 15 is 0 Å². The summed E-state index contributed by atoms with van der Waals surface area (Å²) >= 11 is 0. The number of carbonyl (C=O) groups is 1. The van der Waals surface area contributed by atoms with Gasteiger partial charge in [-0.15, -0.1) is 0 Å². The second kappa shape index (κ2) is 7.17. The van der Waals surface area contributed by atoms with E-state index in [1.165, 1.54) is 0 Å². The fraction of sp³-hybridized carbons (Fsp3) is 0.533. The number of hydrogen-bond acceptors (Lipinski definition) is 2. The van der Waals surface area contributed by atoms with Gasteiger partial charge in [-0.1, -0.05) is 58.0 Å². The van der Waals surface area contributed by atoms with E-state index in [1.807, 2.05) is 37.3 Å². The van der Waals surface area contributed by atoms with Crippen molar-refractivity contribution < 1.29 is 4.79 Å². The number of benzene rings is 1. The molecule has 0 heterocycles. The Morgan fingerprint density at radius 3 is 2.22 bits per heavy atom. The molecule has 0 bridgehead atoms. The first kappa shape index (κ1) is 16.6. The smallest absolute Gasteiger partial charge is 0.227 e. The molecule has 1 aromatic carbocycles. The summed E-state index contributed by atoms with van der Waals surface area (Å²) in [5, 5.41) is 3.03. The van der Waals surface area contributed by atoms with Crippen LogP contribution in [0.1, 0.15) is 45.6 Å². The van der Waals surface area contributed by atoms with Gasteiger partial charge in [-0.3, -0.25) is 4.79 Å². The molecule has 102 valence electrons. The molecule has 3 nitrogen and oxygen atoms in total. The predicted molar refractivity (Wildman–Crippen MR) is 77.0 cm³/mol. The zero-order valence-corrected chi connectivity index (χ0v) is 12.0. The molecule has 1 atom stereocenters. The minimum absolute atomic E-state index is 0. The lowest BCUT2D eigenvalue weighted by molar-refractivity contribution is -0.123. The van der Waals surface area contributed by atoms with Gasteiger partial charge in [0.1, 0.15) is 0 Å². The molecule has 0 radical (unpaired) electrons. The van der Waals surface area contributed by atoms with Crippen LogP contribution in [0.4, 0.5) is 0 Å². The highest BCUT2D eigenvalue weighted by Crippen LogP contribution is 2.20. The Morgan fingerprint density at radius 1 is 1.22 bits per heavy atom. The SMILES string of the molecule is CCC(C(=O)NCC(C)(C)C)c1ccccc1.N. The van der Waals surface area contributed by atoms with Gasteiger partial charge >= 0.3 is 0 Å². The third-order valence-electron chi connectivity index (χ3n) is 2.72. The van der Waals surface area contributed by atoms with E-state index in [1.54, 1.807) is 0 Å². The van der Waals surface area contributed by atoms with Crippen molar-refractivity contribution in [1.29, 1.82) is 0 Å². The summed E-state index contributed by atoms with van der Waals surface area (Å²) in [6.45, 7) is 9.13. The van der Waals surface area contributed by atoms with Gasteiger partial charge in [-0.05, 0) is 17.4 Å². The molecule has 0 saturated heterocycles. The summed E-state index contributed by atoms with van der Waals surface area (Å²) < 4.78 is 0. The van der Waals surface area contributed by atoms with Crippen LogP contribution in [-0.4, -0.2) is 12.5 Å². The molecule has 1 rings (SSSR count). The summed E-state index contributed by atoms with van der Waals surface area (Å²) in [5.74, 6) is 0.104. The maximum Gasteiger partial charge on any atom is 0.227 e. The van der Waals surface area contributed by atoms with Crippen molar-refractivity contribution >= 4 is 5.91 Å². The summed E-state index contributed by atoms with van der Waals surface area (Å²) in [6.07, 6.45) is 0.833. The summed E-state index contributed by atoms with van der Waals surface area (Å²) in [4.78, 5) is 12.1. The Bertz CT molecular complexity index is 355. The van der Waals surface area contributed by atoms with Crippen LogP contribution in [0.5, 0.6) is 0 Å². The fourth-order valence-corrected chi connectivity index (χ4v) is 1.73. The van der Waals surface area contributed by atoms with Gasteiger partial charge in [0.25, 0.3) is 0 Å². The Hall–Kier alpha value is -1.35. The van der Waals surface area contributed by atoms with Crippen LogP contribution in [0, 0.1) is 5.41 Å². The van der Waals surface area contributed by atoms with Crippen LogP contribution in [0.3, 0.4) is 0 Å². The standard InChI is InChI=1S/C15H23NO.H3N/c1-5-13(12-9-7-6-8-10-12)14(17)16-11-15(2,3)4;/h6-10,13H,5,11H2,1-4H3,(H,16,17);1H3. The van der Waals surface area contributed by atoms with Crippen molar-refractivity contribution in [2.75, 3.05) is 6.54 Å². The molecule has 1 aromatic rings. The monoisotopic (exact) mass is 250 g/mol. The molecule has 3 heteroatoms. The van der Waals surface area contributed by atoms with Crippen LogP contribution in [0.15, 0.2) is 30.3 Å². The largest absolute Gasteiger partial charge is 0.355 e. The number of rotatable bonds is 4. The summed E-state index contributed by atoms with van der Waals surface area (Å²) in [6, 6.07) is 9.98. The first-order valence-corrected chi connectivity index (χ1v) is 6.26. The molecular weight excluding hydrogens is 224 g/mol. The molecule has 4 N–H and O–H groups in total. The number of hydrogen-bond donors (Lipinski definition) is 2. The van der Waals surface area contributed by atoms with Gasteiger partial charge in [-0.2, -0.15) is 0 Å². The number of carbonyl (C=O) groups excluding carboxylic acids is 1. The van der Waals surface area contributed by atoms with Crippen molar-refractivity contribution in [3.05, 3.63) is 35.9 Å². The van der Waals surface area contributed by atoms with Crippen molar-refractivity contribution in [3.8, 4) is 0 Å². The molecule has 0 fully saturated rings. The molecule has 0 aliphatic carbocycles. The normalized spacial score (nSPS) is 12.4. The lowest BCUT2D eigenvalue weighted by atomic mass is 9.93. The maximum atomic E-state index is 12.1. The van der Waals surface area contributed by atoms with Crippen molar-refractivity contribution in [2.24, 2.45) is 5.41 Å². The van der Waals surface area contributed by atoms with Crippen LogP contribution >= 0.6 is 0 Å². The van der Waals surface area contributed by atoms with Gasteiger partial charge < -0.3 is 11.5 Å². The summed E-state index contributed by atoms with van der Waals surface area (Å²) in [7, 11) is 0. The average molecular weight is 250 g/mol. The van der Waals surface area contributed by atoms with Crippen LogP contribution in [0.25, 0.3) is 0 Å². The minimum atomic E-state index is -0.0291. The van der Waals surface area contributed by atoms with E-state index in [4.69, 9.17) is 0 Å². The Morgan fingerprint density at radius 2 is 1.78 bits per heavy atom. The van der Waals surface area contributed by atoms with Gasteiger partial charge in [-0.25, -0.2) is 0 Å². The van der Waals surface area contributed by atoms with Crippen molar-refractivity contribution in [3.63, 3.8) is 0 Å². The van der Waals surface area contributed by atoms with Crippen molar-refractivity contribution in [2.45, 2.75) is 40.0 Å². The number of nitrogens with one attached hydrogen (secondary N) is 1. The average Bonchev–Trinajstić information content (AvgIpc) is 2.28. The zero-order valence-electron chi connectivity index (χ0n) is 12.0. The predicted octanol–water partition coefficient (Wildman–Crippen LogP) is 3.50. The van der Waals surface area contributed by atoms with E-state index in [9.17, 15) is 4.79 Å². The van der Waals surface area contributed by atoms with Gasteiger partial charge in [0, 0.05) is 6.54 Å². The maximum absolute atomic E-state index is 12.1. The van der Waals surface area contributed by atoms with Crippen LogP contribution in [-0.2, 0) is 4.79 Å². The van der Waals surface area contributed by atoms with E-state index < -0.39 is 0 Å². The summed E-state index contributed by atoms with van der Waals surface area (Å²) in [5.41, 5.74) is 1.23. The Balaban J connectivity index is 0.00000289. The number of amides is 1. The highest BCUT2D eigenvalue weighted by atomic mass is 16.1. The molecule has 0 aliphatic rings. The molecule has 18 heavy (non-hydrogen) atoms.